The van der Waals surface area contributed by atoms with Gasteiger partial charge in [0, 0.05) is 0 Å². The first-order valence-electron chi connectivity index (χ1n) is 7.11. The molecule has 2 aromatic carbocycles. The van der Waals surface area contributed by atoms with E-state index in [2.05, 4.69) is 83.1 Å². The van der Waals surface area contributed by atoms with Crippen LogP contribution in [0.3, 0.4) is 0 Å². The summed E-state index contributed by atoms with van der Waals surface area (Å²) in [4.78, 5) is 0. The Hall–Kier alpha value is -0.590. The van der Waals surface area contributed by atoms with Crippen molar-refractivity contribution < 1.29 is 23.3 Å². The molecule has 0 bridgehead atoms. The van der Waals surface area contributed by atoms with Gasteiger partial charge in [-0.1, -0.05) is 33.8 Å². The Balaban J connectivity index is 0. The number of benzene rings is 1. The van der Waals surface area contributed by atoms with Crippen LogP contribution < -0.4 is 0 Å². The summed E-state index contributed by atoms with van der Waals surface area (Å²) in [6.07, 6.45) is 8.37. The van der Waals surface area contributed by atoms with Gasteiger partial charge in [0.1, 0.15) is 0 Å². The minimum atomic E-state index is 0. The third-order valence-corrected chi connectivity index (χ3v) is 3.56. The van der Waals surface area contributed by atoms with E-state index in [-0.39, 0.29) is 14.9 Å². The van der Waals surface area contributed by atoms with Gasteiger partial charge in [0.15, 0.2) is 0 Å². The second kappa shape index (κ2) is 11.9. The van der Waals surface area contributed by atoms with Crippen molar-refractivity contribution in [3.63, 3.8) is 0 Å². The fourth-order valence-electron chi connectivity index (χ4n) is 2.21. The summed E-state index contributed by atoms with van der Waals surface area (Å²) < 4.78 is 0. The molecule has 1 aliphatic carbocycles. The number of allylic oxidation sites excluding steroid dienone is 4. The van der Waals surface area contributed by atoms with Crippen molar-refractivity contribution in [3.05, 3.63) is 80.6 Å². The number of hydrogen-bond acceptors (Lipinski definition) is 0. The van der Waals surface area contributed by atoms with E-state index >= 15 is 0 Å². The van der Waals surface area contributed by atoms with Crippen molar-refractivity contribution in [2.24, 2.45) is 5.41 Å². The summed E-state index contributed by atoms with van der Waals surface area (Å²) in [5, 5.41) is 2.72. The molecular formula is C21H28SiZr-4. The quantitative estimate of drug-likeness (QED) is 0.370. The van der Waals surface area contributed by atoms with E-state index in [0.29, 0.717) is 5.41 Å². The number of aryl methyl sites for hydroxylation is 1. The fraction of sp³-hybridized carbons (Fsp3) is 0.286. The van der Waals surface area contributed by atoms with Gasteiger partial charge in [-0.25, -0.2) is 12.2 Å². The maximum absolute atomic E-state index is 3.16. The second-order valence-corrected chi connectivity index (χ2v) is 6.09. The molecule has 0 saturated heterocycles. The normalized spacial score (nSPS) is 11.9. The Kier molecular flexibility index (Phi) is 12.7. The average Bonchev–Trinajstić information content (AvgIpc) is 3.12. The molecule has 1 aliphatic rings. The van der Waals surface area contributed by atoms with Crippen LogP contribution in [-0.4, -0.2) is 6.88 Å². The zero-order valence-corrected chi connectivity index (χ0v) is 18.8. The van der Waals surface area contributed by atoms with Crippen LogP contribution in [0.25, 0.3) is 10.8 Å². The van der Waals surface area contributed by atoms with Crippen molar-refractivity contribution >= 4 is 17.7 Å². The van der Waals surface area contributed by atoms with Gasteiger partial charge in [0.25, 0.3) is 0 Å². The van der Waals surface area contributed by atoms with Gasteiger partial charge in [0.05, 0.1) is 0 Å². The Morgan fingerprint density at radius 3 is 2.17 bits per heavy atom. The number of rotatable bonds is 0. The van der Waals surface area contributed by atoms with Gasteiger partial charge >= 0.3 is 30.2 Å². The first-order valence-corrected chi connectivity index (χ1v) is 11.3. The molecular weight excluding hydrogens is 372 g/mol. The van der Waals surface area contributed by atoms with Crippen LogP contribution in [-0.2, 0) is 23.3 Å². The monoisotopic (exact) mass is 398 g/mol. The molecule has 124 valence electrons. The molecule has 23 heavy (non-hydrogen) atoms. The predicted octanol–water partition coefficient (Wildman–Crippen LogP) is 6.11. The molecule has 0 heterocycles. The molecule has 0 saturated carbocycles. The summed E-state index contributed by atoms with van der Waals surface area (Å²) in [5.74, 6) is 0. The summed E-state index contributed by atoms with van der Waals surface area (Å²) in [6.45, 7) is 11.9. The molecule has 0 unspecified atom stereocenters. The van der Waals surface area contributed by atoms with E-state index in [1.807, 2.05) is 6.08 Å². The van der Waals surface area contributed by atoms with Crippen LogP contribution in [0, 0.1) is 33.3 Å². The summed E-state index contributed by atoms with van der Waals surface area (Å²) >= 11 is 1.36. The minimum absolute atomic E-state index is 0. The third kappa shape index (κ3) is 7.68. The molecule has 3 rings (SSSR count). The Labute approximate surface area is 160 Å². The molecule has 0 fully saturated rings. The standard InChI is InChI=1S/C10H9.C9H13.2CH3.Si.Zr/c1-8-6-7-9-4-2-3-5-10(8)9;1-9(2,3)8-6-4-5-7-8;;;;/h2-7H,1H3;4,6H,7H2,1-3H3;2*1H3;;/q4*-1;;. The van der Waals surface area contributed by atoms with Gasteiger partial charge in [-0.3, -0.25) is 6.08 Å². The zero-order chi connectivity index (χ0) is 15.9. The number of fused-ring (bicyclic) bond motifs is 1. The molecule has 0 amide bonds. The van der Waals surface area contributed by atoms with Crippen LogP contribution in [0.15, 0.2) is 54.1 Å². The van der Waals surface area contributed by atoms with Crippen LogP contribution in [0.4, 0.5) is 0 Å². The third-order valence-electron chi connectivity index (χ3n) is 3.56. The molecule has 0 aliphatic heterocycles. The number of hydrogen-bond donors (Lipinski definition) is 0. The predicted molar refractivity (Wildman–Crippen MR) is 103 cm³/mol. The van der Waals surface area contributed by atoms with Crippen molar-refractivity contribution in [2.75, 3.05) is 0 Å². The molecule has 2 radical (unpaired) electrons. The van der Waals surface area contributed by atoms with Crippen molar-refractivity contribution in [1.29, 1.82) is 0 Å². The maximum atomic E-state index is 3.16. The Bertz CT molecular complexity index is 627. The molecule has 0 aromatic heterocycles. The van der Waals surface area contributed by atoms with E-state index < -0.39 is 0 Å². The second-order valence-electron chi connectivity index (χ2n) is 6.09. The van der Waals surface area contributed by atoms with Crippen LogP contribution in [0.2, 0.25) is 0 Å². The van der Waals surface area contributed by atoms with E-state index in [4.69, 9.17) is 0 Å². The molecule has 2 aromatic rings. The van der Waals surface area contributed by atoms with Crippen molar-refractivity contribution in [1.82, 2.24) is 0 Å². The molecule has 0 nitrogen and oxygen atoms in total. The first kappa shape index (κ1) is 24.7. The Morgan fingerprint density at radius 1 is 1.13 bits per heavy atom. The van der Waals surface area contributed by atoms with Gasteiger partial charge in [0.2, 0.25) is 0 Å². The van der Waals surface area contributed by atoms with E-state index in [1.54, 1.807) is 0 Å². The molecule has 0 spiro atoms. The van der Waals surface area contributed by atoms with Gasteiger partial charge in [-0.2, -0.15) is 17.2 Å². The van der Waals surface area contributed by atoms with Crippen LogP contribution in [0.1, 0.15) is 32.8 Å². The van der Waals surface area contributed by atoms with E-state index in [0.717, 1.165) is 6.42 Å². The molecule has 0 N–H and O–H groups in total. The van der Waals surface area contributed by atoms with E-state index in [1.165, 1.54) is 45.2 Å². The van der Waals surface area contributed by atoms with Gasteiger partial charge in [-0.05, 0) is 5.41 Å². The molecule has 0 atom stereocenters. The van der Waals surface area contributed by atoms with Gasteiger partial charge in [-0.15, -0.1) is 41.5 Å². The fourth-order valence-corrected chi connectivity index (χ4v) is 2.21. The van der Waals surface area contributed by atoms with E-state index in [9.17, 15) is 0 Å². The summed E-state index contributed by atoms with van der Waals surface area (Å²) in [5.41, 5.74) is 3.21. The van der Waals surface area contributed by atoms with Crippen molar-refractivity contribution in [2.45, 2.75) is 34.1 Å². The van der Waals surface area contributed by atoms with Crippen LogP contribution >= 0.6 is 0 Å². The summed E-state index contributed by atoms with van der Waals surface area (Å²) in [6, 6.07) is 12.8. The SMILES string of the molecule is CC(C)(C)C1=CC=[C-]C1.Cc1c[cH-]c2ccccc12.[CH3-].[CH3-].[Si]=[Zr]. The van der Waals surface area contributed by atoms with Crippen LogP contribution in [0.5, 0.6) is 0 Å². The first-order chi connectivity index (χ1) is 9.98. The topological polar surface area (TPSA) is 0 Å². The zero-order valence-electron chi connectivity index (χ0n) is 15.3. The van der Waals surface area contributed by atoms with Crippen molar-refractivity contribution in [3.8, 4) is 0 Å². The Morgan fingerprint density at radius 2 is 1.74 bits per heavy atom. The van der Waals surface area contributed by atoms with Gasteiger partial charge < -0.3 is 14.9 Å². The molecule has 2 heteroatoms. The average molecular weight is 400 g/mol. The summed E-state index contributed by atoms with van der Waals surface area (Å²) in [7, 11) is 0.